The third kappa shape index (κ3) is 4.20. The summed E-state index contributed by atoms with van der Waals surface area (Å²) in [7, 11) is -2.15. The fourth-order valence-corrected chi connectivity index (χ4v) is 7.61. The van der Waals surface area contributed by atoms with E-state index in [9.17, 15) is 13.2 Å². The molecule has 1 aliphatic heterocycles. The van der Waals surface area contributed by atoms with E-state index >= 15 is 0 Å². The largest absolute Gasteiger partial charge is 0.493 e. The number of aryl methyl sites for hydroxylation is 1. The summed E-state index contributed by atoms with van der Waals surface area (Å²) in [4.78, 5) is 13.9. The molecule has 1 unspecified atom stereocenters. The van der Waals surface area contributed by atoms with Crippen LogP contribution < -0.4 is 14.8 Å². The lowest BCUT2D eigenvalue weighted by atomic mass is 9.90. The molecule has 5 rings (SSSR count). The van der Waals surface area contributed by atoms with Crippen molar-refractivity contribution < 1.29 is 22.7 Å². The Bertz CT molecular complexity index is 1320. The van der Waals surface area contributed by atoms with Crippen LogP contribution in [0.3, 0.4) is 0 Å². The molecule has 1 aromatic heterocycles. The SMILES string of the molecule is COc1ccc(C2CC(=O)Nc3c(S(=O)(=O)c4ccc(C)cc4)csc32)cc1OC1CCCC1. The second-order valence-corrected chi connectivity index (χ2v) is 11.7. The summed E-state index contributed by atoms with van der Waals surface area (Å²) in [5.74, 6) is 0.867. The van der Waals surface area contributed by atoms with Gasteiger partial charge in [0.2, 0.25) is 15.7 Å². The molecule has 1 saturated carbocycles. The fraction of sp³-hybridized carbons (Fsp3) is 0.346. The number of rotatable bonds is 6. The van der Waals surface area contributed by atoms with Gasteiger partial charge in [0.1, 0.15) is 4.90 Å². The number of carbonyl (C=O) groups excluding carboxylic acids is 1. The monoisotopic (exact) mass is 497 g/mol. The zero-order valence-electron chi connectivity index (χ0n) is 19.2. The standard InChI is InChI=1S/C26H27NO5S2/c1-16-7-10-19(11-8-16)34(29,30)23-15-33-26-20(14-24(28)27-25(23)26)17-9-12-21(31-2)22(13-17)32-18-5-3-4-6-18/h7-13,15,18,20H,3-6,14H2,1-2H3,(H,27,28). The van der Waals surface area contributed by atoms with Crippen LogP contribution in [-0.2, 0) is 14.6 Å². The van der Waals surface area contributed by atoms with Crippen LogP contribution in [-0.4, -0.2) is 27.5 Å². The summed E-state index contributed by atoms with van der Waals surface area (Å²) in [6.45, 7) is 1.91. The number of anilines is 1. The summed E-state index contributed by atoms with van der Waals surface area (Å²) >= 11 is 1.36. The highest BCUT2D eigenvalue weighted by atomic mass is 32.2. The van der Waals surface area contributed by atoms with E-state index in [1.54, 1.807) is 36.8 Å². The Hall–Kier alpha value is -2.84. The average molecular weight is 498 g/mol. The number of benzene rings is 2. The van der Waals surface area contributed by atoms with Crippen molar-refractivity contribution in [2.45, 2.75) is 60.8 Å². The third-order valence-electron chi connectivity index (χ3n) is 6.56. The molecule has 1 amide bonds. The Morgan fingerprint density at radius 2 is 1.76 bits per heavy atom. The van der Waals surface area contributed by atoms with Crippen molar-refractivity contribution in [1.29, 1.82) is 0 Å². The number of amides is 1. The molecule has 0 spiro atoms. The number of sulfone groups is 1. The van der Waals surface area contributed by atoms with Gasteiger partial charge < -0.3 is 14.8 Å². The fourth-order valence-electron chi connectivity index (χ4n) is 4.70. The first-order valence-electron chi connectivity index (χ1n) is 11.4. The van der Waals surface area contributed by atoms with Gasteiger partial charge in [0.25, 0.3) is 0 Å². The van der Waals surface area contributed by atoms with E-state index in [0.717, 1.165) is 41.7 Å². The van der Waals surface area contributed by atoms with Gasteiger partial charge in [-0.3, -0.25) is 4.79 Å². The number of ether oxygens (including phenoxy) is 2. The van der Waals surface area contributed by atoms with Crippen LogP contribution in [0.2, 0.25) is 0 Å². The van der Waals surface area contributed by atoms with Crippen LogP contribution >= 0.6 is 11.3 Å². The quantitative estimate of drug-likeness (QED) is 0.473. The molecule has 8 heteroatoms. The van der Waals surface area contributed by atoms with E-state index < -0.39 is 9.84 Å². The number of methoxy groups -OCH3 is 1. The molecule has 34 heavy (non-hydrogen) atoms. The summed E-state index contributed by atoms with van der Waals surface area (Å²) in [6.07, 6.45) is 4.77. The number of hydrogen-bond donors (Lipinski definition) is 1. The van der Waals surface area contributed by atoms with E-state index in [4.69, 9.17) is 9.47 Å². The molecule has 3 aromatic rings. The zero-order valence-corrected chi connectivity index (χ0v) is 20.8. The van der Waals surface area contributed by atoms with Gasteiger partial charge in [0.15, 0.2) is 11.5 Å². The van der Waals surface area contributed by atoms with Gasteiger partial charge in [-0.1, -0.05) is 23.8 Å². The molecule has 1 atom stereocenters. The molecular formula is C26H27NO5S2. The number of carbonyl (C=O) groups is 1. The molecule has 1 N–H and O–H groups in total. The molecule has 0 bridgehead atoms. The van der Waals surface area contributed by atoms with Gasteiger partial charge in [-0.2, -0.15) is 0 Å². The number of nitrogens with one attached hydrogen (secondary N) is 1. The van der Waals surface area contributed by atoms with Gasteiger partial charge in [-0.25, -0.2) is 8.42 Å². The smallest absolute Gasteiger partial charge is 0.225 e. The summed E-state index contributed by atoms with van der Waals surface area (Å²) in [5, 5.41) is 4.46. The van der Waals surface area contributed by atoms with E-state index in [1.165, 1.54) is 11.3 Å². The Morgan fingerprint density at radius 3 is 2.47 bits per heavy atom. The Balaban J connectivity index is 1.53. The minimum absolute atomic E-state index is 0.144. The summed E-state index contributed by atoms with van der Waals surface area (Å²) in [5.41, 5.74) is 2.28. The minimum Gasteiger partial charge on any atom is -0.493 e. The number of hydrogen-bond acceptors (Lipinski definition) is 6. The van der Waals surface area contributed by atoms with Crippen LogP contribution in [0.1, 0.15) is 54.0 Å². The van der Waals surface area contributed by atoms with Crippen LogP contribution in [0.5, 0.6) is 11.5 Å². The molecule has 1 aliphatic carbocycles. The predicted molar refractivity (Wildman–Crippen MR) is 132 cm³/mol. The van der Waals surface area contributed by atoms with Gasteiger partial charge in [0.05, 0.1) is 23.8 Å². The highest BCUT2D eigenvalue weighted by molar-refractivity contribution is 7.91. The van der Waals surface area contributed by atoms with Gasteiger partial charge >= 0.3 is 0 Å². The molecule has 2 aromatic carbocycles. The second kappa shape index (κ2) is 9.07. The van der Waals surface area contributed by atoms with Gasteiger partial charge in [-0.15, -0.1) is 11.3 Å². The molecule has 178 valence electrons. The molecule has 1 fully saturated rings. The van der Waals surface area contributed by atoms with E-state index in [2.05, 4.69) is 5.32 Å². The highest BCUT2D eigenvalue weighted by Crippen LogP contribution is 2.47. The molecule has 0 radical (unpaired) electrons. The first-order valence-corrected chi connectivity index (χ1v) is 13.8. The predicted octanol–water partition coefficient (Wildman–Crippen LogP) is 5.69. The van der Waals surface area contributed by atoms with E-state index in [1.807, 2.05) is 25.1 Å². The maximum absolute atomic E-state index is 13.4. The van der Waals surface area contributed by atoms with Crippen molar-refractivity contribution in [3.63, 3.8) is 0 Å². The lowest BCUT2D eigenvalue weighted by Gasteiger charge is -2.25. The van der Waals surface area contributed by atoms with Crippen molar-refractivity contribution >= 4 is 32.8 Å². The first-order chi connectivity index (χ1) is 16.4. The number of thiophene rings is 1. The maximum Gasteiger partial charge on any atom is 0.225 e. The average Bonchev–Trinajstić information content (AvgIpc) is 3.49. The summed E-state index contributed by atoms with van der Waals surface area (Å²) in [6, 6.07) is 12.5. The zero-order chi connectivity index (χ0) is 23.9. The summed E-state index contributed by atoms with van der Waals surface area (Å²) < 4.78 is 38.5. The Kier molecular flexibility index (Phi) is 6.12. The van der Waals surface area contributed by atoms with Crippen molar-refractivity contribution in [3.8, 4) is 11.5 Å². The lowest BCUT2D eigenvalue weighted by molar-refractivity contribution is -0.116. The molecule has 6 nitrogen and oxygen atoms in total. The lowest BCUT2D eigenvalue weighted by Crippen LogP contribution is -2.23. The Labute approximate surface area is 203 Å². The maximum atomic E-state index is 13.4. The normalized spacial score (nSPS) is 18.4. The molecule has 2 heterocycles. The van der Waals surface area contributed by atoms with Crippen molar-refractivity contribution in [1.82, 2.24) is 0 Å². The highest BCUT2D eigenvalue weighted by Gasteiger charge is 2.35. The van der Waals surface area contributed by atoms with E-state index in [0.29, 0.717) is 17.2 Å². The van der Waals surface area contributed by atoms with Crippen molar-refractivity contribution in [2.75, 3.05) is 12.4 Å². The first kappa shape index (κ1) is 22.9. The molecule has 0 saturated heterocycles. The Morgan fingerprint density at radius 1 is 1.03 bits per heavy atom. The topological polar surface area (TPSA) is 81.7 Å². The van der Waals surface area contributed by atoms with E-state index in [-0.39, 0.29) is 34.1 Å². The molecule has 2 aliphatic rings. The van der Waals surface area contributed by atoms with Crippen LogP contribution in [0.4, 0.5) is 5.69 Å². The van der Waals surface area contributed by atoms with Gasteiger partial charge in [-0.05, 0) is 62.4 Å². The third-order valence-corrected chi connectivity index (χ3v) is 9.60. The second-order valence-electron chi connectivity index (χ2n) is 8.90. The minimum atomic E-state index is -3.77. The van der Waals surface area contributed by atoms with Crippen LogP contribution in [0.15, 0.2) is 57.6 Å². The van der Waals surface area contributed by atoms with Crippen LogP contribution in [0, 0.1) is 6.92 Å². The van der Waals surface area contributed by atoms with Crippen molar-refractivity contribution in [3.05, 3.63) is 63.8 Å². The van der Waals surface area contributed by atoms with Crippen molar-refractivity contribution in [2.24, 2.45) is 0 Å². The number of fused-ring (bicyclic) bond motifs is 1. The van der Waals surface area contributed by atoms with Crippen LogP contribution in [0.25, 0.3) is 0 Å². The van der Waals surface area contributed by atoms with Gasteiger partial charge in [0, 0.05) is 22.6 Å². The molecular weight excluding hydrogens is 470 g/mol.